The zero-order valence-corrected chi connectivity index (χ0v) is 12.1. The molecule has 0 radical (unpaired) electrons. The SMILES string of the molecule is Cc1noc(=O)c2ccc(NC(=O)C(=O)c3cccnc3)cc12. The van der Waals surface area contributed by atoms with Crippen molar-refractivity contribution in [2.45, 2.75) is 6.92 Å². The lowest BCUT2D eigenvalue weighted by molar-refractivity contribution is -0.112. The van der Waals surface area contributed by atoms with E-state index in [1.165, 1.54) is 30.6 Å². The summed E-state index contributed by atoms with van der Waals surface area (Å²) in [6, 6.07) is 7.69. The van der Waals surface area contributed by atoms with Gasteiger partial charge in [0.05, 0.1) is 11.1 Å². The molecule has 23 heavy (non-hydrogen) atoms. The van der Waals surface area contributed by atoms with Gasteiger partial charge in [-0.1, -0.05) is 5.16 Å². The number of nitrogens with one attached hydrogen (secondary N) is 1. The topological polar surface area (TPSA) is 102 Å². The van der Waals surface area contributed by atoms with E-state index in [2.05, 4.69) is 20.0 Å². The van der Waals surface area contributed by atoms with E-state index < -0.39 is 17.3 Å². The van der Waals surface area contributed by atoms with Crippen LogP contribution in [0.3, 0.4) is 0 Å². The normalized spacial score (nSPS) is 10.5. The maximum atomic E-state index is 12.0. The summed E-state index contributed by atoms with van der Waals surface area (Å²) in [7, 11) is 0. The Morgan fingerprint density at radius 3 is 2.74 bits per heavy atom. The van der Waals surface area contributed by atoms with Crippen molar-refractivity contribution in [3.05, 3.63) is 64.4 Å². The van der Waals surface area contributed by atoms with E-state index in [0.29, 0.717) is 22.2 Å². The van der Waals surface area contributed by atoms with Gasteiger partial charge in [0.25, 0.3) is 11.7 Å². The van der Waals surface area contributed by atoms with E-state index in [-0.39, 0.29) is 5.56 Å². The standard InChI is InChI=1S/C16H11N3O4/c1-9-13-7-11(4-5-12(13)16(22)23-19-9)18-15(21)14(20)10-3-2-6-17-8-10/h2-8H,1H3,(H,18,21). The van der Waals surface area contributed by atoms with E-state index in [1.54, 1.807) is 19.1 Å². The number of carbonyl (C=O) groups is 2. The molecule has 3 rings (SSSR count). The van der Waals surface area contributed by atoms with E-state index >= 15 is 0 Å². The summed E-state index contributed by atoms with van der Waals surface area (Å²) in [5.41, 5.74) is 0.531. The summed E-state index contributed by atoms with van der Waals surface area (Å²) in [5, 5.41) is 7.04. The third-order valence-corrected chi connectivity index (χ3v) is 3.28. The molecule has 0 atom stereocenters. The number of Topliss-reactive ketones (excluding diaryl/α,β-unsaturated/α-hetero) is 1. The van der Waals surface area contributed by atoms with Crippen LogP contribution in [0.1, 0.15) is 16.1 Å². The summed E-state index contributed by atoms with van der Waals surface area (Å²) < 4.78 is 4.63. The fourth-order valence-electron chi connectivity index (χ4n) is 2.12. The molecule has 0 aliphatic carbocycles. The zero-order valence-electron chi connectivity index (χ0n) is 12.1. The van der Waals surface area contributed by atoms with Gasteiger partial charge in [-0.15, -0.1) is 0 Å². The molecule has 7 nitrogen and oxygen atoms in total. The van der Waals surface area contributed by atoms with Crippen LogP contribution in [0, 0.1) is 6.92 Å². The Balaban J connectivity index is 1.90. The number of aromatic nitrogens is 2. The van der Waals surface area contributed by atoms with Gasteiger partial charge in [-0.05, 0) is 37.3 Å². The number of anilines is 1. The summed E-state index contributed by atoms with van der Waals surface area (Å²) in [4.78, 5) is 39.4. The number of amides is 1. The summed E-state index contributed by atoms with van der Waals surface area (Å²) in [6.07, 6.45) is 2.83. The highest BCUT2D eigenvalue weighted by Crippen LogP contribution is 2.18. The molecule has 0 aliphatic rings. The molecule has 0 aliphatic heterocycles. The average Bonchev–Trinajstić information content (AvgIpc) is 2.58. The van der Waals surface area contributed by atoms with Gasteiger partial charge in [-0.3, -0.25) is 14.6 Å². The first-order valence-corrected chi connectivity index (χ1v) is 6.72. The van der Waals surface area contributed by atoms with Crippen LogP contribution in [0.25, 0.3) is 10.8 Å². The Morgan fingerprint density at radius 2 is 2.00 bits per heavy atom. The molecule has 1 amide bonds. The Hall–Kier alpha value is -3.35. The minimum atomic E-state index is -0.786. The lowest BCUT2D eigenvalue weighted by Gasteiger charge is -2.06. The van der Waals surface area contributed by atoms with Crippen LogP contribution in [-0.4, -0.2) is 21.8 Å². The summed E-state index contributed by atoms with van der Waals surface area (Å²) >= 11 is 0. The second-order valence-electron chi connectivity index (χ2n) is 4.84. The van der Waals surface area contributed by atoms with Gasteiger partial charge in [0.1, 0.15) is 0 Å². The van der Waals surface area contributed by atoms with Gasteiger partial charge < -0.3 is 9.84 Å². The highest BCUT2D eigenvalue weighted by atomic mass is 16.5. The van der Waals surface area contributed by atoms with Gasteiger partial charge in [0.15, 0.2) is 0 Å². The smallest absolute Gasteiger partial charge is 0.319 e. The van der Waals surface area contributed by atoms with E-state index in [0.717, 1.165) is 0 Å². The first kappa shape index (κ1) is 14.6. The number of aryl methyl sites for hydroxylation is 1. The fourth-order valence-corrected chi connectivity index (χ4v) is 2.12. The third kappa shape index (κ3) is 2.84. The molecular formula is C16H11N3O4. The van der Waals surface area contributed by atoms with Crippen LogP contribution in [0.2, 0.25) is 0 Å². The Labute approximate surface area is 129 Å². The number of fused-ring (bicyclic) bond motifs is 1. The van der Waals surface area contributed by atoms with Crippen molar-refractivity contribution in [1.29, 1.82) is 0 Å². The van der Waals surface area contributed by atoms with Crippen molar-refractivity contribution in [2.75, 3.05) is 5.32 Å². The lowest BCUT2D eigenvalue weighted by atomic mass is 10.1. The predicted octanol–water partition coefficient (Wildman–Crippen LogP) is 1.71. The maximum absolute atomic E-state index is 12.0. The second-order valence-corrected chi connectivity index (χ2v) is 4.84. The average molecular weight is 309 g/mol. The van der Waals surface area contributed by atoms with E-state index in [4.69, 9.17) is 0 Å². The summed E-state index contributed by atoms with van der Waals surface area (Å²) in [5.74, 6) is -1.48. The molecule has 1 N–H and O–H groups in total. The molecule has 7 heteroatoms. The Bertz CT molecular complexity index is 964. The van der Waals surface area contributed by atoms with Crippen molar-refractivity contribution < 1.29 is 14.1 Å². The quantitative estimate of drug-likeness (QED) is 0.583. The first-order chi connectivity index (χ1) is 11.1. The lowest BCUT2D eigenvalue weighted by Crippen LogP contribution is -2.23. The molecule has 2 heterocycles. The minimum Gasteiger partial charge on any atom is -0.319 e. The van der Waals surface area contributed by atoms with Gasteiger partial charge in [0, 0.05) is 29.0 Å². The minimum absolute atomic E-state index is 0.198. The monoisotopic (exact) mass is 309 g/mol. The summed E-state index contributed by atoms with van der Waals surface area (Å²) in [6.45, 7) is 1.68. The molecule has 0 spiro atoms. The maximum Gasteiger partial charge on any atom is 0.366 e. The van der Waals surface area contributed by atoms with Gasteiger partial charge in [0.2, 0.25) is 0 Å². The second kappa shape index (κ2) is 5.80. The van der Waals surface area contributed by atoms with Gasteiger partial charge in [-0.25, -0.2) is 4.79 Å². The molecule has 114 valence electrons. The van der Waals surface area contributed by atoms with E-state index in [1.807, 2.05) is 0 Å². The largest absolute Gasteiger partial charge is 0.366 e. The van der Waals surface area contributed by atoms with Crippen molar-refractivity contribution in [3.8, 4) is 0 Å². The van der Waals surface area contributed by atoms with Crippen LogP contribution >= 0.6 is 0 Å². The molecule has 0 bridgehead atoms. The number of nitrogens with zero attached hydrogens (tertiary/aromatic N) is 2. The molecule has 3 aromatic rings. The van der Waals surface area contributed by atoms with Crippen LogP contribution in [0.4, 0.5) is 5.69 Å². The molecule has 0 fully saturated rings. The van der Waals surface area contributed by atoms with Crippen molar-refractivity contribution in [1.82, 2.24) is 10.1 Å². The molecule has 2 aromatic heterocycles. The van der Waals surface area contributed by atoms with Crippen LogP contribution in [-0.2, 0) is 4.79 Å². The predicted molar refractivity (Wildman–Crippen MR) is 82.2 cm³/mol. The number of ketones is 1. The molecule has 0 saturated carbocycles. The number of carbonyl (C=O) groups excluding carboxylic acids is 2. The zero-order chi connectivity index (χ0) is 16.4. The van der Waals surface area contributed by atoms with Gasteiger partial charge >= 0.3 is 5.63 Å². The van der Waals surface area contributed by atoms with Crippen LogP contribution in [0.5, 0.6) is 0 Å². The first-order valence-electron chi connectivity index (χ1n) is 6.72. The van der Waals surface area contributed by atoms with Gasteiger partial charge in [-0.2, -0.15) is 0 Å². The molecule has 0 saturated heterocycles. The Morgan fingerprint density at radius 1 is 1.17 bits per heavy atom. The van der Waals surface area contributed by atoms with Crippen molar-refractivity contribution in [2.24, 2.45) is 0 Å². The van der Waals surface area contributed by atoms with E-state index in [9.17, 15) is 14.4 Å². The highest BCUT2D eigenvalue weighted by Gasteiger charge is 2.17. The third-order valence-electron chi connectivity index (χ3n) is 3.28. The molecule has 0 unspecified atom stereocenters. The number of benzene rings is 1. The number of pyridine rings is 1. The number of hydrogen-bond acceptors (Lipinski definition) is 6. The van der Waals surface area contributed by atoms with Crippen LogP contribution < -0.4 is 10.9 Å². The Kier molecular flexibility index (Phi) is 3.68. The van der Waals surface area contributed by atoms with Crippen molar-refractivity contribution in [3.63, 3.8) is 0 Å². The molecular weight excluding hydrogens is 298 g/mol. The number of hydrogen-bond donors (Lipinski definition) is 1. The van der Waals surface area contributed by atoms with Crippen molar-refractivity contribution >= 4 is 28.2 Å². The number of rotatable bonds is 3. The fraction of sp³-hybridized carbons (Fsp3) is 0.0625. The highest BCUT2D eigenvalue weighted by molar-refractivity contribution is 6.46. The van der Waals surface area contributed by atoms with Crippen LogP contribution in [0.15, 0.2) is 52.0 Å². The molecule has 1 aromatic carbocycles.